The number of halogens is 1. The van der Waals surface area contributed by atoms with Crippen LogP contribution in [0.15, 0.2) is 42.6 Å². The minimum atomic E-state index is -0.682. The second-order valence-corrected chi connectivity index (χ2v) is 5.31. The molecule has 0 fully saturated rings. The van der Waals surface area contributed by atoms with Crippen molar-refractivity contribution in [3.63, 3.8) is 0 Å². The molecule has 2 aromatic rings. The Balaban J connectivity index is 1.88. The summed E-state index contributed by atoms with van der Waals surface area (Å²) in [5.74, 6) is 0.569. The number of aliphatic hydroxyl groups excluding tert-OH is 1. The molecule has 0 aliphatic heterocycles. The predicted molar refractivity (Wildman–Crippen MR) is 89.0 cm³/mol. The van der Waals surface area contributed by atoms with Crippen molar-refractivity contribution in [3.8, 4) is 5.75 Å². The first-order valence-corrected chi connectivity index (χ1v) is 7.62. The maximum atomic E-state index is 14.0. The zero-order chi connectivity index (χ0) is 16.7. The lowest BCUT2D eigenvalue weighted by Gasteiger charge is -2.18. The second-order valence-electron chi connectivity index (χ2n) is 5.31. The Morgan fingerprint density at radius 2 is 2.17 bits per heavy atom. The van der Waals surface area contributed by atoms with Crippen LogP contribution in [-0.4, -0.2) is 30.3 Å². The summed E-state index contributed by atoms with van der Waals surface area (Å²) in [6.45, 7) is 2.79. The third-order valence-electron chi connectivity index (χ3n) is 3.52. The highest BCUT2D eigenvalue weighted by Gasteiger charge is 2.11. The number of aliphatic hydroxyl groups is 1. The van der Waals surface area contributed by atoms with Gasteiger partial charge in [0.15, 0.2) is 11.6 Å². The molecule has 0 bridgehead atoms. The molecule has 123 valence electrons. The second kappa shape index (κ2) is 8.48. The zero-order valence-electron chi connectivity index (χ0n) is 13.4. The molecule has 0 saturated heterocycles. The van der Waals surface area contributed by atoms with E-state index in [0.717, 1.165) is 5.82 Å². The van der Waals surface area contributed by atoms with E-state index < -0.39 is 11.9 Å². The van der Waals surface area contributed by atoms with Crippen molar-refractivity contribution in [3.05, 3.63) is 60.4 Å². The van der Waals surface area contributed by atoms with Gasteiger partial charge in [-0.3, -0.25) is 0 Å². The van der Waals surface area contributed by atoms with Gasteiger partial charge in [0.05, 0.1) is 12.6 Å². The Kier molecular flexibility index (Phi) is 6.35. The molecule has 1 aromatic carbocycles. The van der Waals surface area contributed by atoms with Crippen LogP contribution < -0.4 is 9.64 Å². The molecule has 5 heteroatoms. The Bertz CT molecular complexity index is 607. The van der Waals surface area contributed by atoms with Crippen LogP contribution in [0.5, 0.6) is 5.75 Å². The van der Waals surface area contributed by atoms with Crippen LogP contribution >= 0.6 is 0 Å². The molecular formula is C18H22FN2O2. The van der Waals surface area contributed by atoms with Gasteiger partial charge in [-0.1, -0.05) is 19.1 Å². The predicted octanol–water partition coefficient (Wildman–Crippen LogP) is 3.38. The Labute approximate surface area is 136 Å². The molecule has 4 nitrogen and oxygen atoms in total. The van der Waals surface area contributed by atoms with Gasteiger partial charge in [0.25, 0.3) is 0 Å². The highest BCUT2D eigenvalue weighted by Crippen LogP contribution is 2.24. The number of hydrogen-bond donors (Lipinski definition) is 1. The summed E-state index contributed by atoms with van der Waals surface area (Å²) in [6, 6.07) is 10.2. The molecule has 1 aromatic heterocycles. The minimum absolute atomic E-state index is 0.191. The molecule has 0 aliphatic rings. The third-order valence-corrected chi connectivity index (χ3v) is 3.52. The third kappa shape index (κ3) is 4.93. The van der Waals surface area contributed by atoms with E-state index in [9.17, 15) is 9.50 Å². The number of rotatable bonds is 8. The van der Waals surface area contributed by atoms with Crippen molar-refractivity contribution in [2.75, 3.05) is 25.1 Å². The van der Waals surface area contributed by atoms with Gasteiger partial charge in [-0.15, -0.1) is 0 Å². The highest BCUT2D eigenvalue weighted by atomic mass is 19.1. The lowest BCUT2D eigenvalue weighted by atomic mass is 10.1. The van der Waals surface area contributed by atoms with Crippen LogP contribution in [0.1, 0.15) is 25.0 Å². The van der Waals surface area contributed by atoms with Gasteiger partial charge >= 0.3 is 0 Å². The molecule has 1 N–H and O–H groups in total. The summed E-state index contributed by atoms with van der Waals surface area (Å²) in [5.41, 5.74) is 0.554. The van der Waals surface area contributed by atoms with E-state index in [-0.39, 0.29) is 5.75 Å². The van der Waals surface area contributed by atoms with E-state index >= 15 is 0 Å². The van der Waals surface area contributed by atoms with Gasteiger partial charge in [0.2, 0.25) is 0 Å². The first-order valence-electron chi connectivity index (χ1n) is 7.62. The van der Waals surface area contributed by atoms with Crippen molar-refractivity contribution < 1.29 is 14.2 Å². The molecule has 0 amide bonds. The van der Waals surface area contributed by atoms with Crippen molar-refractivity contribution in [2.45, 2.75) is 19.4 Å². The number of ether oxygens (including phenoxy) is 1. The van der Waals surface area contributed by atoms with Crippen LogP contribution in [0.3, 0.4) is 0 Å². The summed E-state index contributed by atoms with van der Waals surface area (Å²) in [5, 5.41) is 9.86. The summed E-state index contributed by atoms with van der Waals surface area (Å²) in [4.78, 5) is 6.17. The molecule has 1 unspecified atom stereocenters. The maximum Gasteiger partial charge on any atom is 0.165 e. The van der Waals surface area contributed by atoms with E-state index in [4.69, 9.17) is 4.74 Å². The number of nitrogens with zero attached hydrogens (tertiary/aromatic N) is 2. The fourth-order valence-corrected chi connectivity index (χ4v) is 2.19. The van der Waals surface area contributed by atoms with Crippen molar-refractivity contribution in [1.29, 1.82) is 0 Å². The van der Waals surface area contributed by atoms with Gasteiger partial charge in [0.1, 0.15) is 12.4 Å². The van der Waals surface area contributed by atoms with Gasteiger partial charge in [-0.05, 0) is 42.7 Å². The van der Waals surface area contributed by atoms with E-state index in [2.05, 4.69) is 4.98 Å². The largest absolute Gasteiger partial charge is 0.489 e. The number of hydrogen-bond acceptors (Lipinski definition) is 4. The Hall–Kier alpha value is -2.14. The molecule has 0 saturated carbocycles. The van der Waals surface area contributed by atoms with E-state index in [1.165, 1.54) is 6.07 Å². The van der Waals surface area contributed by atoms with Crippen LogP contribution in [0, 0.1) is 12.2 Å². The van der Waals surface area contributed by atoms with E-state index in [1.807, 2.05) is 43.5 Å². The average molecular weight is 317 g/mol. The quantitative estimate of drug-likeness (QED) is 0.811. The summed E-state index contributed by atoms with van der Waals surface area (Å²) in [6.07, 6.45) is 3.39. The van der Waals surface area contributed by atoms with Crippen LogP contribution in [0.25, 0.3) is 0 Å². The number of anilines is 1. The number of pyridine rings is 1. The summed E-state index contributed by atoms with van der Waals surface area (Å²) < 4.78 is 19.5. The molecule has 0 spiro atoms. The van der Waals surface area contributed by atoms with Crippen LogP contribution in [-0.2, 0) is 0 Å². The fourth-order valence-electron chi connectivity index (χ4n) is 2.19. The van der Waals surface area contributed by atoms with Gasteiger partial charge in [-0.25, -0.2) is 9.37 Å². The van der Waals surface area contributed by atoms with E-state index in [0.29, 0.717) is 25.1 Å². The topological polar surface area (TPSA) is 45.6 Å². The first-order chi connectivity index (χ1) is 11.1. The molecule has 0 aliphatic carbocycles. The number of aromatic nitrogens is 1. The van der Waals surface area contributed by atoms with Crippen LogP contribution in [0.2, 0.25) is 0 Å². The molecule has 23 heavy (non-hydrogen) atoms. The van der Waals surface area contributed by atoms with Crippen LogP contribution in [0.4, 0.5) is 10.2 Å². The molecule has 1 heterocycles. The summed E-state index contributed by atoms with van der Waals surface area (Å²) >= 11 is 0. The SMILES string of the molecule is C[CH]CC(O)c1ccc(OCCN(C)c2ccccn2)c(F)c1. The first kappa shape index (κ1) is 17.2. The van der Waals surface area contributed by atoms with Gasteiger partial charge < -0.3 is 14.7 Å². The smallest absolute Gasteiger partial charge is 0.165 e. The van der Waals surface area contributed by atoms with Crippen molar-refractivity contribution in [1.82, 2.24) is 4.98 Å². The number of benzene rings is 1. The zero-order valence-corrected chi connectivity index (χ0v) is 13.4. The van der Waals surface area contributed by atoms with Crippen molar-refractivity contribution in [2.24, 2.45) is 0 Å². The standard InChI is InChI=1S/C18H22FN2O2/c1-3-6-16(22)14-8-9-17(15(19)13-14)23-12-11-21(2)18-7-4-5-10-20-18/h3-5,7-10,13,16,22H,6,11-12H2,1-2H3. The summed E-state index contributed by atoms with van der Waals surface area (Å²) in [7, 11) is 1.91. The van der Waals surface area contributed by atoms with E-state index in [1.54, 1.807) is 18.3 Å². The Morgan fingerprint density at radius 3 is 2.83 bits per heavy atom. The van der Waals surface area contributed by atoms with Crippen molar-refractivity contribution >= 4 is 5.82 Å². The number of likely N-dealkylation sites (N-methyl/N-ethyl adjacent to an activating group) is 1. The highest BCUT2D eigenvalue weighted by molar-refractivity contribution is 5.36. The Morgan fingerprint density at radius 1 is 1.35 bits per heavy atom. The van der Waals surface area contributed by atoms with Gasteiger partial charge in [-0.2, -0.15) is 0 Å². The van der Waals surface area contributed by atoms with Gasteiger partial charge in [0, 0.05) is 13.2 Å². The molecular weight excluding hydrogens is 295 g/mol. The molecule has 2 rings (SSSR count). The average Bonchev–Trinajstić information content (AvgIpc) is 2.57. The lowest BCUT2D eigenvalue weighted by Crippen LogP contribution is -2.24. The minimum Gasteiger partial charge on any atom is -0.489 e. The normalized spacial score (nSPS) is 12.0. The monoisotopic (exact) mass is 317 g/mol. The lowest BCUT2D eigenvalue weighted by molar-refractivity contribution is 0.176. The molecule has 1 radical (unpaired) electrons. The maximum absolute atomic E-state index is 14.0. The molecule has 1 atom stereocenters. The fraction of sp³-hybridized carbons (Fsp3) is 0.333.